The number of carbonyl (C=O) groups excluding carboxylic acids is 1. The van der Waals surface area contributed by atoms with Crippen LogP contribution in [0.2, 0.25) is 10.0 Å². The van der Waals surface area contributed by atoms with Crippen LogP contribution in [-0.2, 0) is 0 Å². The number of aliphatic hydroxyl groups excluding tert-OH is 1. The summed E-state index contributed by atoms with van der Waals surface area (Å²) < 4.78 is 5.52. The van der Waals surface area contributed by atoms with Crippen molar-refractivity contribution < 1.29 is 14.6 Å². The van der Waals surface area contributed by atoms with Crippen LogP contribution in [0, 0.1) is 0 Å². The van der Waals surface area contributed by atoms with Crippen molar-refractivity contribution in [2.24, 2.45) is 5.10 Å². The van der Waals surface area contributed by atoms with Crippen LogP contribution in [0.4, 0.5) is 16.2 Å². The van der Waals surface area contributed by atoms with Gasteiger partial charge in [0.1, 0.15) is 5.75 Å². The van der Waals surface area contributed by atoms with E-state index in [9.17, 15) is 9.90 Å². The van der Waals surface area contributed by atoms with Crippen molar-refractivity contribution in [3.8, 4) is 5.75 Å². The second-order valence-electron chi connectivity index (χ2n) is 5.22. The van der Waals surface area contributed by atoms with Crippen molar-refractivity contribution in [3.05, 3.63) is 64.7 Å². The predicted octanol–water partition coefficient (Wildman–Crippen LogP) is 3.81. The van der Waals surface area contributed by atoms with Gasteiger partial charge in [-0.1, -0.05) is 23.2 Å². The smallest absolute Gasteiger partial charge is 0.323 e. The third kappa shape index (κ3) is 4.89. The number of hydrazone groups is 1. The number of aliphatic hydroxyl groups is 1. The monoisotopic (exact) mass is 392 g/mol. The molecular weight excluding hydrogens is 379 g/mol. The van der Waals surface area contributed by atoms with Gasteiger partial charge in [0.25, 0.3) is 0 Å². The van der Waals surface area contributed by atoms with Gasteiger partial charge in [0, 0.05) is 17.5 Å². The molecule has 0 fully saturated rings. The zero-order valence-corrected chi connectivity index (χ0v) is 14.8. The lowest BCUT2D eigenvalue weighted by Gasteiger charge is -2.13. The summed E-state index contributed by atoms with van der Waals surface area (Å²) in [5, 5.41) is 19.2. The maximum Gasteiger partial charge on any atom is 0.323 e. The Morgan fingerprint density at radius 2 is 1.77 bits per heavy atom. The number of anilines is 2. The highest BCUT2D eigenvalue weighted by atomic mass is 35.5. The minimum atomic E-state index is -0.817. The lowest BCUT2D eigenvalue weighted by atomic mass is 10.3. The molecule has 1 atom stereocenters. The van der Waals surface area contributed by atoms with E-state index in [1.165, 1.54) is 6.08 Å². The Bertz CT molecular complexity index is 869. The second kappa shape index (κ2) is 8.09. The zero-order valence-electron chi connectivity index (χ0n) is 13.2. The fourth-order valence-electron chi connectivity index (χ4n) is 2.03. The highest BCUT2D eigenvalue weighted by Gasteiger charge is 2.08. The first kappa shape index (κ1) is 18.1. The number of carbonyl (C=O) groups is 1. The first-order valence-electron chi connectivity index (χ1n) is 7.50. The summed E-state index contributed by atoms with van der Waals surface area (Å²) in [6.45, 7) is 0. The van der Waals surface area contributed by atoms with Crippen LogP contribution >= 0.6 is 23.2 Å². The Hall–Kier alpha value is -2.74. The predicted molar refractivity (Wildman–Crippen MR) is 102 cm³/mol. The van der Waals surface area contributed by atoms with E-state index in [4.69, 9.17) is 27.9 Å². The highest BCUT2D eigenvalue weighted by Crippen LogP contribution is 2.25. The zero-order chi connectivity index (χ0) is 18.5. The van der Waals surface area contributed by atoms with Gasteiger partial charge in [-0.2, -0.15) is 0 Å². The molecule has 1 unspecified atom stereocenters. The topological polar surface area (TPSA) is 95.0 Å². The van der Waals surface area contributed by atoms with Gasteiger partial charge >= 0.3 is 6.03 Å². The summed E-state index contributed by atoms with van der Waals surface area (Å²) in [6.07, 6.45) is 2.24. The number of hydrogen-bond acceptors (Lipinski definition) is 5. The van der Waals surface area contributed by atoms with E-state index >= 15 is 0 Å². The molecular formula is C17H14Cl2N4O3. The molecule has 134 valence electrons. The molecule has 4 N–H and O–H groups in total. The molecule has 0 saturated carbocycles. The van der Waals surface area contributed by atoms with Crippen LogP contribution in [0.15, 0.2) is 59.7 Å². The van der Waals surface area contributed by atoms with Gasteiger partial charge in [-0.25, -0.2) is 4.79 Å². The van der Waals surface area contributed by atoms with Crippen LogP contribution in [-0.4, -0.2) is 23.3 Å². The Morgan fingerprint density at radius 1 is 1.08 bits per heavy atom. The Kier molecular flexibility index (Phi) is 5.62. The molecule has 2 aromatic carbocycles. The summed E-state index contributed by atoms with van der Waals surface area (Å²) in [4.78, 5) is 12.0. The van der Waals surface area contributed by atoms with Gasteiger partial charge in [0.15, 0.2) is 6.23 Å². The molecule has 2 amide bonds. The van der Waals surface area contributed by atoms with E-state index in [1.54, 1.807) is 48.5 Å². The molecule has 1 aliphatic heterocycles. The van der Waals surface area contributed by atoms with Crippen LogP contribution in [0.5, 0.6) is 5.75 Å². The summed E-state index contributed by atoms with van der Waals surface area (Å²) in [7, 11) is 0. The molecule has 9 heteroatoms. The SMILES string of the molecule is O=C(Nc1ccc(OC2=NNC(O)C=C2)cc1)Nc1ccc(Cl)c(Cl)c1. The van der Waals surface area contributed by atoms with E-state index in [0.717, 1.165) is 0 Å². The van der Waals surface area contributed by atoms with Crippen molar-refractivity contribution in [1.29, 1.82) is 0 Å². The molecule has 1 aliphatic rings. The van der Waals surface area contributed by atoms with E-state index < -0.39 is 12.3 Å². The van der Waals surface area contributed by atoms with E-state index in [0.29, 0.717) is 33.1 Å². The Morgan fingerprint density at radius 3 is 2.42 bits per heavy atom. The summed E-state index contributed by atoms with van der Waals surface area (Å²) >= 11 is 11.8. The van der Waals surface area contributed by atoms with Crippen molar-refractivity contribution >= 4 is 46.5 Å². The highest BCUT2D eigenvalue weighted by molar-refractivity contribution is 6.42. The first-order valence-corrected chi connectivity index (χ1v) is 8.26. The van der Waals surface area contributed by atoms with Crippen LogP contribution in [0.1, 0.15) is 0 Å². The van der Waals surface area contributed by atoms with Gasteiger partial charge < -0.3 is 20.5 Å². The maximum absolute atomic E-state index is 12.0. The van der Waals surface area contributed by atoms with E-state index in [-0.39, 0.29) is 0 Å². The summed E-state index contributed by atoms with van der Waals surface area (Å²) in [6, 6.07) is 11.1. The number of benzene rings is 2. The van der Waals surface area contributed by atoms with Crippen molar-refractivity contribution in [2.45, 2.75) is 6.23 Å². The molecule has 0 radical (unpaired) electrons. The van der Waals surface area contributed by atoms with Crippen LogP contribution in [0.3, 0.4) is 0 Å². The molecule has 3 rings (SSSR count). The number of ether oxygens (including phenoxy) is 1. The van der Waals surface area contributed by atoms with E-state index in [1.807, 2.05) is 0 Å². The third-order valence-electron chi connectivity index (χ3n) is 3.24. The maximum atomic E-state index is 12.0. The minimum absolute atomic E-state index is 0.313. The molecule has 1 heterocycles. The van der Waals surface area contributed by atoms with Crippen LogP contribution < -0.4 is 20.8 Å². The van der Waals surface area contributed by atoms with Crippen molar-refractivity contribution in [1.82, 2.24) is 5.43 Å². The van der Waals surface area contributed by atoms with Gasteiger partial charge in [0.05, 0.1) is 10.0 Å². The molecule has 7 nitrogen and oxygen atoms in total. The molecule has 0 aromatic heterocycles. The first-order chi connectivity index (χ1) is 12.5. The largest absolute Gasteiger partial charge is 0.438 e. The fraction of sp³-hybridized carbons (Fsp3) is 0.0588. The number of nitrogens with one attached hydrogen (secondary N) is 3. The minimum Gasteiger partial charge on any atom is -0.438 e. The Balaban J connectivity index is 1.56. The van der Waals surface area contributed by atoms with Gasteiger partial charge in [-0.05, 0) is 48.5 Å². The molecule has 0 saturated heterocycles. The normalized spacial score (nSPS) is 15.7. The molecule has 2 aromatic rings. The van der Waals surface area contributed by atoms with Gasteiger partial charge in [0.2, 0.25) is 5.90 Å². The number of halogens is 2. The van der Waals surface area contributed by atoms with Gasteiger partial charge in [-0.15, -0.1) is 5.10 Å². The second-order valence-corrected chi connectivity index (χ2v) is 6.03. The quantitative estimate of drug-likeness (QED) is 0.638. The third-order valence-corrected chi connectivity index (χ3v) is 3.98. The average Bonchev–Trinajstić information content (AvgIpc) is 2.62. The standard InChI is InChI=1S/C17H14Cl2N4O3/c18-13-6-3-11(9-14(13)19)21-17(25)20-10-1-4-12(5-2-10)26-16-8-7-15(24)22-23-16/h1-9,15,22,24H,(H2,20,21,25). The molecule has 0 bridgehead atoms. The molecule has 0 aliphatic carbocycles. The van der Waals surface area contributed by atoms with E-state index in [2.05, 4.69) is 21.2 Å². The average molecular weight is 393 g/mol. The Labute approximate surface area is 159 Å². The lowest BCUT2D eigenvalue weighted by Crippen LogP contribution is -2.28. The summed E-state index contributed by atoms with van der Waals surface area (Å²) in [5.74, 6) is 0.843. The number of urea groups is 1. The van der Waals surface area contributed by atoms with Crippen LogP contribution in [0.25, 0.3) is 0 Å². The number of hydrogen-bond donors (Lipinski definition) is 4. The number of nitrogens with zero attached hydrogens (tertiary/aromatic N) is 1. The lowest BCUT2D eigenvalue weighted by molar-refractivity contribution is 0.183. The summed E-state index contributed by atoms with van der Waals surface area (Å²) in [5.41, 5.74) is 3.56. The van der Waals surface area contributed by atoms with Gasteiger partial charge in [-0.3, -0.25) is 5.43 Å². The number of amides is 2. The van der Waals surface area contributed by atoms with Crippen molar-refractivity contribution in [2.75, 3.05) is 10.6 Å². The molecule has 26 heavy (non-hydrogen) atoms. The molecule has 0 spiro atoms. The van der Waals surface area contributed by atoms with Crippen molar-refractivity contribution in [3.63, 3.8) is 0 Å². The number of rotatable bonds is 3. The fourth-order valence-corrected chi connectivity index (χ4v) is 2.33.